The zero-order valence-corrected chi connectivity index (χ0v) is 25.7. The second kappa shape index (κ2) is 12.8. The highest BCUT2D eigenvalue weighted by Gasteiger charge is 2.49. The zero-order chi connectivity index (χ0) is 30.9. The van der Waals surface area contributed by atoms with E-state index >= 15 is 4.39 Å². The Morgan fingerprint density at radius 2 is 1.74 bits per heavy atom. The van der Waals surface area contributed by atoms with E-state index in [0.29, 0.717) is 40.4 Å². The summed E-state index contributed by atoms with van der Waals surface area (Å²) >= 11 is 12.6. The van der Waals surface area contributed by atoms with Gasteiger partial charge in [-0.15, -0.1) is 0 Å². The van der Waals surface area contributed by atoms with Gasteiger partial charge in [-0.3, -0.25) is 13.9 Å². The van der Waals surface area contributed by atoms with Crippen LogP contribution in [0.4, 0.5) is 10.1 Å². The molecule has 0 bridgehead atoms. The second-order valence-corrected chi connectivity index (χ2v) is 13.8. The Labute approximate surface area is 260 Å². The molecular formula is C31H32Cl2FN3O5S. The number of amides is 2. The number of nitrogens with zero attached hydrogens (tertiary/aromatic N) is 2. The maximum absolute atomic E-state index is 15.2. The van der Waals surface area contributed by atoms with E-state index < -0.39 is 57.2 Å². The van der Waals surface area contributed by atoms with Crippen LogP contribution in [0, 0.1) is 5.82 Å². The number of halogens is 3. The highest BCUT2D eigenvalue weighted by Crippen LogP contribution is 2.45. The van der Waals surface area contributed by atoms with Crippen LogP contribution in [0.25, 0.3) is 0 Å². The van der Waals surface area contributed by atoms with E-state index in [4.69, 9.17) is 33.7 Å². The summed E-state index contributed by atoms with van der Waals surface area (Å²) in [6.45, 7) is 1.62. The molecule has 1 aliphatic heterocycles. The molecule has 2 aliphatic rings. The lowest BCUT2D eigenvalue weighted by Gasteiger charge is -2.48. The number of hydrogen-bond acceptors (Lipinski definition) is 5. The quantitative estimate of drug-likeness (QED) is 0.283. The smallest absolute Gasteiger partial charge is 0.253 e. The average molecular weight is 649 g/mol. The first-order chi connectivity index (χ1) is 20.5. The van der Waals surface area contributed by atoms with Gasteiger partial charge in [-0.25, -0.2) is 12.8 Å². The lowest BCUT2D eigenvalue weighted by Crippen LogP contribution is -2.58. The molecule has 0 spiro atoms. The van der Waals surface area contributed by atoms with Crippen LogP contribution >= 0.6 is 23.2 Å². The van der Waals surface area contributed by atoms with Crippen LogP contribution in [0.15, 0.2) is 72.8 Å². The molecule has 2 amide bonds. The minimum atomic E-state index is -3.94. The summed E-state index contributed by atoms with van der Waals surface area (Å²) in [4.78, 5) is 27.9. The van der Waals surface area contributed by atoms with Crippen molar-refractivity contribution in [1.29, 1.82) is 0 Å². The molecule has 12 heteroatoms. The highest BCUT2D eigenvalue weighted by atomic mass is 35.5. The average Bonchev–Trinajstić information content (AvgIpc) is 3.82. The molecule has 4 atom stereocenters. The first kappa shape index (κ1) is 31.3. The maximum Gasteiger partial charge on any atom is 0.253 e. The summed E-state index contributed by atoms with van der Waals surface area (Å²) in [5, 5.41) is 0.301. The molecular weight excluding hydrogens is 616 g/mol. The van der Waals surface area contributed by atoms with Crippen molar-refractivity contribution in [2.45, 2.75) is 62.1 Å². The van der Waals surface area contributed by atoms with Gasteiger partial charge in [0, 0.05) is 10.0 Å². The van der Waals surface area contributed by atoms with Crippen molar-refractivity contribution in [2.75, 3.05) is 10.8 Å². The van der Waals surface area contributed by atoms with E-state index in [1.807, 2.05) is 6.92 Å². The molecule has 5 rings (SSSR count). The Kier molecular flexibility index (Phi) is 9.31. The predicted octanol–water partition coefficient (Wildman–Crippen LogP) is 5.80. The van der Waals surface area contributed by atoms with Crippen molar-refractivity contribution in [3.63, 3.8) is 0 Å². The Bertz CT molecular complexity index is 1600. The molecule has 3 aromatic carbocycles. The number of hydrogen-bond donors (Lipinski definition) is 1. The van der Waals surface area contributed by atoms with E-state index in [1.165, 1.54) is 18.2 Å². The number of ether oxygens (including phenoxy) is 1. The Morgan fingerprint density at radius 3 is 2.35 bits per heavy atom. The van der Waals surface area contributed by atoms with Crippen LogP contribution in [0.5, 0.6) is 0 Å². The molecule has 43 heavy (non-hydrogen) atoms. The van der Waals surface area contributed by atoms with Crippen LogP contribution in [-0.4, -0.2) is 49.1 Å². The van der Waals surface area contributed by atoms with E-state index in [1.54, 1.807) is 59.5 Å². The number of morpholine rings is 1. The maximum atomic E-state index is 15.2. The van der Waals surface area contributed by atoms with Crippen LogP contribution in [-0.2, 0) is 24.3 Å². The van der Waals surface area contributed by atoms with Crippen molar-refractivity contribution in [3.05, 3.63) is 99.8 Å². The third kappa shape index (κ3) is 6.67. The van der Waals surface area contributed by atoms with Gasteiger partial charge in [-0.05, 0) is 66.8 Å². The monoisotopic (exact) mass is 647 g/mol. The van der Waals surface area contributed by atoms with Crippen LogP contribution in [0.1, 0.15) is 55.9 Å². The third-order valence-corrected chi connectivity index (χ3v) is 10.6. The number of rotatable bonds is 11. The zero-order valence-electron chi connectivity index (χ0n) is 23.4. The van der Waals surface area contributed by atoms with Gasteiger partial charge in [0.05, 0.1) is 36.0 Å². The fourth-order valence-electron chi connectivity index (χ4n) is 5.57. The van der Waals surface area contributed by atoms with Gasteiger partial charge in [0.25, 0.3) is 5.91 Å². The van der Waals surface area contributed by atoms with Gasteiger partial charge < -0.3 is 15.4 Å². The fraction of sp³-hybridized carbons (Fsp3) is 0.355. The van der Waals surface area contributed by atoms with Crippen molar-refractivity contribution >= 4 is 50.7 Å². The first-order valence-electron chi connectivity index (χ1n) is 14.0. The Balaban J connectivity index is 1.66. The molecule has 3 aromatic rings. The predicted molar refractivity (Wildman–Crippen MR) is 164 cm³/mol. The molecule has 0 aromatic heterocycles. The number of primary amides is 1. The van der Waals surface area contributed by atoms with Crippen molar-refractivity contribution < 1.29 is 27.1 Å². The summed E-state index contributed by atoms with van der Waals surface area (Å²) in [7, 11) is -3.94. The number of benzene rings is 3. The molecule has 2 fully saturated rings. The third-order valence-electron chi connectivity index (χ3n) is 7.82. The van der Waals surface area contributed by atoms with E-state index in [9.17, 15) is 18.0 Å². The number of para-hydroxylation sites is 1. The van der Waals surface area contributed by atoms with Gasteiger partial charge in [0.2, 0.25) is 15.9 Å². The van der Waals surface area contributed by atoms with Gasteiger partial charge in [-0.1, -0.05) is 66.5 Å². The number of carbonyl (C=O) groups excluding carboxylic acids is 2. The van der Waals surface area contributed by atoms with E-state index in [2.05, 4.69) is 0 Å². The van der Waals surface area contributed by atoms with E-state index in [-0.39, 0.29) is 18.7 Å². The van der Waals surface area contributed by atoms with Gasteiger partial charge in [-0.2, -0.15) is 0 Å². The van der Waals surface area contributed by atoms with Crippen molar-refractivity contribution in [3.8, 4) is 0 Å². The summed E-state index contributed by atoms with van der Waals surface area (Å²) in [6.07, 6.45) is -1.16. The summed E-state index contributed by atoms with van der Waals surface area (Å²) < 4.78 is 50.0. The molecule has 1 aliphatic carbocycles. The molecule has 8 nitrogen and oxygen atoms in total. The van der Waals surface area contributed by atoms with Crippen LogP contribution in [0.3, 0.4) is 0 Å². The largest absolute Gasteiger partial charge is 0.370 e. The highest BCUT2D eigenvalue weighted by molar-refractivity contribution is 7.93. The topological polar surface area (TPSA) is 110 Å². The SMILES string of the molecule is CCC(CN(c1ccccc1F)S(=O)(=O)C1CC1)N1C(=O)[C@H](CC(N)=O)O[C@H](c2cccc(Cl)c2)[C@H]1c1ccc(Cl)cc1. The molecule has 1 saturated heterocycles. The summed E-state index contributed by atoms with van der Waals surface area (Å²) in [5.41, 5.74) is 6.75. The summed E-state index contributed by atoms with van der Waals surface area (Å²) in [6, 6.07) is 18.1. The van der Waals surface area contributed by atoms with Crippen molar-refractivity contribution in [2.24, 2.45) is 5.73 Å². The van der Waals surface area contributed by atoms with Gasteiger partial charge >= 0.3 is 0 Å². The van der Waals surface area contributed by atoms with Gasteiger partial charge in [0.1, 0.15) is 18.0 Å². The minimum absolute atomic E-state index is 0.0864. The van der Waals surface area contributed by atoms with Crippen molar-refractivity contribution in [1.82, 2.24) is 4.90 Å². The fourth-order valence-corrected chi connectivity index (χ4v) is 7.79. The number of carbonyl (C=O) groups is 2. The number of nitrogens with two attached hydrogens (primary N) is 1. The Morgan fingerprint density at radius 1 is 1.05 bits per heavy atom. The normalized spacial score (nSPS) is 21.4. The standard InChI is InChI=1S/C31H32Cl2FN3O5S/c1-2-23(18-36(43(40,41)24-14-15-24)26-9-4-3-8-25(26)34)37-29(19-10-12-21(32)13-11-19)30(20-6-5-7-22(33)16-20)42-27(31(37)39)17-28(35)38/h3-13,16,23-24,27,29-30H,2,14-15,17-18H2,1H3,(H2,35,38)/t23?,27-,29+,30+/m0/s1. The summed E-state index contributed by atoms with van der Waals surface area (Å²) in [5.74, 6) is -1.95. The molecule has 1 heterocycles. The van der Waals surface area contributed by atoms with Gasteiger partial charge in [0.15, 0.2) is 0 Å². The molecule has 1 saturated carbocycles. The lowest BCUT2D eigenvalue weighted by molar-refractivity contribution is -0.180. The molecule has 1 unspecified atom stereocenters. The van der Waals surface area contributed by atoms with Crippen LogP contribution < -0.4 is 10.0 Å². The van der Waals surface area contributed by atoms with Crippen LogP contribution in [0.2, 0.25) is 10.0 Å². The van der Waals surface area contributed by atoms with E-state index in [0.717, 1.165) is 4.31 Å². The number of anilines is 1. The second-order valence-electron chi connectivity index (χ2n) is 10.8. The molecule has 2 N–H and O–H groups in total. The Hall–Kier alpha value is -3.18. The minimum Gasteiger partial charge on any atom is -0.370 e. The molecule has 228 valence electrons. The molecule has 0 radical (unpaired) electrons. The number of sulfonamides is 1. The first-order valence-corrected chi connectivity index (χ1v) is 16.3. The lowest BCUT2D eigenvalue weighted by atomic mass is 9.89.